The monoisotopic (exact) mass is 348 g/mol. The highest BCUT2D eigenvalue weighted by molar-refractivity contribution is 5.76. The van der Waals surface area contributed by atoms with Crippen LogP contribution < -0.4 is 0 Å². The van der Waals surface area contributed by atoms with Crippen molar-refractivity contribution in [3.63, 3.8) is 0 Å². The largest absolute Gasteiger partial charge is 0.206 e. The highest BCUT2D eigenvalue weighted by atomic mass is 19.1. The highest BCUT2D eigenvalue weighted by Crippen LogP contribution is 2.26. The van der Waals surface area contributed by atoms with Crippen molar-refractivity contribution in [2.75, 3.05) is 0 Å². The minimum Gasteiger partial charge on any atom is -0.206 e. The SMILES string of the molecule is C=C/C=C(\C=C/CCCC=C)C(/C=C(/F)C(=C)c1ccc(C)cc1)=C/C. The van der Waals surface area contributed by atoms with Crippen molar-refractivity contribution in [3.05, 3.63) is 115 Å². The van der Waals surface area contributed by atoms with Crippen molar-refractivity contribution in [1.29, 1.82) is 0 Å². The number of rotatable bonds is 10. The molecule has 1 rings (SSSR count). The molecule has 136 valence electrons. The van der Waals surface area contributed by atoms with Gasteiger partial charge in [0, 0.05) is 5.57 Å². The fraction of sp³-hybridized carbons (Fsp3) is 0.200. The second-order valence-electron chi connectivity index (χ2n) is 6.06. The summed E-state index contributed by atoms with van der Waals surface area (Å²) in [5.41, 5.74) is 4.03. The van der Waals surface area contributed by atoms with Crippen LogP contribution in [0.1, 0.15) is 37.3 Å². The van der Waals surface area contributed by atoms with Crippen LogP contribution in [0.15, 0.2) is 104 Å². The molecule has 0 nitrogen and oxygen atoms in total. The molecule has 0 atom stereocenters. The second-order valence-corrected chi connectivity index (χ2v) is 6.06. The van der Waals surface area contributed by atoms with Gasteiger partial charge in [-0.25, -0.2) is 4.39 Å². The summed E-state index contributed by atoms with van der Waals surface area (Å²) in [5.74, 6) is -0.336. The van der Waals surface area contributed by atoms with E-state index in [1.807, 2.05) is 62.4 Å². The third-order valence-electron chi connectivity index (χ3n) is 3.99. The van der Waals surface area contributed by atoms with Crippen molar-refractivity contribution < 1.29 is 4.39 Å². The fourth-order valence-corrected chi connectivity index (χ4v) is 2.41. The maximum atomic E-state index is 14.7. The molecule has 0 saturated carbocycles. The van der Waals surface area contributed by atoms with Gasteiger partial charge in [0.1, 0.15) is 5.83 Å². The zero-order chi connectivity index (χ0) is 19.4. The van der Waals surface area contributed by atoms with Gasteiger partial charge in [0.2, 0.25) is 0 Å². The molecule has 0 N–H and O–H groups in total. The average molecular weight is 349 g/mol. The quantitative estimate of drug-likeness (QED) is 0.229. The summed E-state index contributed by atoms with van der Waals surface area (Å²) < 4.78 is 14.7. The van der Waals surface area contributed by atoms with Crippen LogP contribution in [0.2, 0.25) is 0 Å². The Hall–Kier alpha value is -2.67. The summed E-state index contributed by atoms with van der Waals surface area (Å²) in [6.45, 7) is 15.3. The maximum absolute atomic E-state index is 14.7. The van der Waals surface area contributed by atoms with E-state index in [0.29, 0.717) is 5.57 Å². The van der Waals surface area contributed by atoms with Gasteiger partial charge in [-0.3, -0.25) is 0 Å². The van der Waals surface area contributed by atoms with Crippen molar-refractivity contribution >= 4 is 5.57 Å². The molecule has 0 spiro atoms. The number of benzene rings is 1. The summed E-state index contributed by atoms with van der Waals surface area (Å²) in [6, 6.07) is 7.69. The minimum absolute atomic E-state index is 0.336. The summed E-state index contributed by atoms with van der Waals surface area (Å²) in [7, 11) is 0. The zero-order valence-electron chi connectivity index (χ0n) is 16.0. The van der Waals surface area contributed by atoms with Crippen LogP contribution >= 0.6 is 0 Å². The smallest absolute Gasteiger partial charge is 0.131 e. The molecular formula is C25H29F. The van der Waals surface area contributed by atoms with Crippen LogP contribution in [0.5, 0.6) is 0 Å². The fourth-order valence-electron chi connectivity index (χ4n) is 2.41. The average Bonchev–Trinajstić information content (AvgIpc) is 2.65. The lowest BCUT2D eigenvalue weighted by Gasteiger charge is -2.07. The molecule has 0 fully saturated rings. The Morgan fingerprint density at radius 1 is 1.08 bits per heavy atom. The maximum Gasteiger partial charge on any atom is 0.131 e. The molecule has 0 aliphatic heterocycles. The van der Waals surface area contributed by atoms with E-state index in [9.17, 15) is 4.39 Å². The number of aryl methyl sites for hydroxylation is 1. The van der Waals surface area contributed by atoms with Crippen LogP contribution in [0.4, 0.5) is 4.39 Å². The normalized spacial score (nSPS) is 13.1. The number of halogens is 1. The lowest BCUT2D eigenvalue weighted by molar-refractivity contribution is 0.673. The first-order valence-corrected chi connectivity index (χ1v) is 8.93. The van der Waals surface area contributed by atoms with E-state index in [-0.39, 0.29) is 5.83 Å². The van der Waals surface area contributed by atoms with Crippen LogP contribution in [0.3, 0.4) is 0 Å². The number of unbranched alkanes of at least 4 members (excludes halogenated alkanes) is 2. The third kappa shape index (κ3) is 7.06. The molecule has 1 aromatic carbocycles. The summed E-state index contributed by atoms with van der Waals surface area (Å²) in [6.07, 6.45) is 16.1. The molecule has 1 heteroatoms. The molecule has 0 aliphatic carbocycles. The highest BCUT2D eigenvalue weighted by Gasteiger charge is 2.07. The molecule has 0 radical (unpaired) electrons. The summed E-state index contributed by atoms with van der Waals surface area (Å²) in [4.78, 5) is 0. The van der Waals surface area contributed by atoms with Gasteiger partial charge in [0.05, 0.1) is 0 Å². The minimum atomic E-state index is -0.336. The molecular weight excluding hydrogens is 319 g/mol. The topological polar surface area (TPSA) is 0 Å². The van der Waals surface area contributed by atoms with Crippen LogP contribution in [0, 0.1) is 6.92 Å². The first kappa shape index (κ1) is 21.4. The molecule has 0 aliphatic rings. The zero-order valence-corrected chi connectivity index (χ0v) is 16.0. The first-order valence-electron chi connectivity index (χ1n) is 8.93. The van der Waals surface area contributed by atoms with Crippen LogP contribution in [0.25, 0.3) is 5.57 Å². The second kappa shape index (κ2) is 11.8. The molecule has 0 heterocycles. The Kier molecular flexibility index (Phi) is 9.71. The number of hydrogen-bond acceptors (Lipinski definition) is 0. The molecule has 0 bridgehead atoms. The Morgan fingerprint density at radius 3 is 2.35 bits per heavy atom. The van der Waals surface area contributed by atoms with Gasteiger partial charge in [0.25, 0.3) is 0 Å². The van der Waals surface area contributed by atoms with Gasteiger partial charge in [-0.2, -0.15) is 0 Å². The predicted molar refractivity (Wildman–Crippen MR) is 115 cm³/mol. The van der Waals surface area contributed by atoms with Gasteiger partial charge < -0.3 is 0 Å². The van der Waals surface area contributed by atoms with Crippen molar-refractivity contribution in [3.8, 4) is 0 Å². The molecule has 0 unspecified atom stereocenters. The van der Waals surface area contributed by atoms with Gasteiger partial charge >= 0.3 is 0 Å². The summed E-state index contributed by atoms with van der Waals surface area (Å²) >= 11 is 0. The van der Waals surface area contributed by atoms with E-state index in [1.165, 1.54) is 6.08 Å². The van der Waals surface area contributed by atoms with Gasteiger partial charge in [0.15, 0.2) is 0 Å². The van der Waals surface area contributed by atoms with E-state index in [1.54, 1.807) is 6.08 Å². The molecule has 1 aromatic rings. The van der Waals surface area contributed by atoms with E-state index in [0.717, 1.165) is 41.5 Å². The number of hydrogen-bond donors (Lipinski definition) is 0. The molecule has 0 aromatic heterocycles. The Labute approximate surface area is 158 Å². The molecule has 26 heavy (non-hydrogen) atoms. The van der Waals surface area contributed by atoms with Crippen LogP contribution in [-0.2, 0) is 0 Å². The molecule has 0 amide bonds. The van der Waals surface area contributed by atoms with Crippen LogP contribution in [-0.4, -0.2) is 0 Å². The summed E-state index contributed by atoms with van der Waals surface area (Å²) in [5, 5.41) is 0. The lowest BCUT2D eigenvalue weighted by atomic mass is 9.99. The van der Waals surface area contributed by atoms with Gasteiger partial charge in [-0.15, -0.1) is 6.58 Å². The first-order chi connectivity index (χ1) is 12.5. The van der Waals surface area contributed by atoms with Gasteiger partial charge in [-0.1, -0.05) is 79.4 Å². The Bertz CT molecular complexity index is 737. The van der Waals surface area contributed by atoms with E-state index >= 15 is 0 Å². The number of allylic oxidation sites excluding steroid dienone is 11. The van der Waals surface area contributed by atoms with Crippen molar-refractivity contribution in [2.45, 2.75) is 33.1 Å². The third-order valence-corrected chi connectivity index (χ3v) is 3.99. The Morgan fingerprint density at radius 2 is 1.77 bits per heavy atom. The van der Waals surface area contributed by atoms with E-state index in [4.69, 9.17) is 0 Å². The van der Waals surface area contributed by atoms with E-state index < -0.39 is 0 Å². The Balaban J connectivity index is 2.98. The predicted octanol–water partition coefficient (Wildman–Crippen LogP) is 7.83. The molecule has 0 saturated heterocycles. The van der Waals surface area contributed by atoms with Gasteiger partial charge in [-0.05, 0) is 55.9 Å². The lowest BCUT2D eigenvalue weighted by Crippen LogP contribution is -1.89. The van der Waals surface area contributed by atoms with Crippen molar-refractivity contribution in [2.24, 2.45) is 0 Å². The van der Waals surface area contributed by atoms with Crippen molar-refractivity contribution in [1.82, 2.24) is 0 Å². The standard InChI is InChI=1S/C25H29F/c1-6-9-10-11-12-14-24(13-7-2)22(8-3)19-25(26)21(5)23-17-15-20(4)16-18-23/h6-8,12-19H,1-2,5,9-11H2,3-4H3/b14-12-,22-8+,24-13+,25-19+. The van der Waals surface area contributed by atoms with E-state index in [2.05, 4.69) is 25.8 Å².